The molecule has 0 atom stereocenters. The number of carbonyl (C=O) groups is 2. The van der Waals surface area contributed by atoms with E-state index in [2.05, 4.69) is 5.32 Å². The van der Waals surface area contributed by atoms with E-state index in [9.17, 15) is 9.59 Å². The zero-order chi connectivity index (χ0) is 13.5. The van der Waals surface area contributed by atoms with Crippen molar-refractivity contribution in [2.45, 2.75) is 38.5 Å². The normalized spacial score (nSPS) is 21.1. The summed E-state index contributed by atoms with van der Waals surface area (Å²) in [6, 6.07) is 0. The van der Waals surface area contributed by atoms with E-state index in [0.717, 1.165) is 52.1 Å². The number of nitrogens with zero attached hydrogens (tertiary/aromatic N) is 2. The SMILES string of the molecule is O=C(CCC(=O)N1CCNCC1)N1CCCCCC1. The van der Waals surface area contributed by atoms with Gasteiger partial charge in [-0.15, -0.1) is 0 Å². The molecule has 0 aliphatic carbocycles. The Balaban J connectivity index is 1.71. The van der Waals surface area contributed by atoms with Gasteiger partial charge in [-0.2, -0.15) is 0 Å². The van der Waals surface area contributed by atoms with E-state index in [4.69, 9.17) is 0 Å². The molecule has 0 unspecified atom stereocenters. The number of hydrogen-bond acceptors (Lipinski definition) is 3. The van der Waals surface area contributed by atoms with Crippen LogP contribution in [0.3, 0.4) is 0 Å². The summed E-state index contributed by atoms with van der Waals surface area (Å²) in [5, 5.41) is 3.22. The Bertz CT molecular complexity index is 306. The fourth-order valence-electron chi connectivity index (χ4n) is 2.76. The predicted molar refractivity (Wildman–Crippen MR) is 73.7 cm³/mol. The molecule has 2 heterocycles. The highest BCUT2D eigenvalue weighted by Crippen LogP contribution is 2.11. The molecular weight excluding hydrogens is 242 g/mol. The van der Waals surface area contributed by atoms with E-state index in [1.807, 2.05) is 9.80 Å². The highest BCUT2D eigenvalue weighted by atomic mass is 16.2. The van der Waals surface area contributed by atoms with Gasteiger partial charge in [0.25, 0.3) is 0 Å². The molecule has 2 aliphatic rings. The standard InChI is InChI=1S/C14H25N3O2/c18-13(16-9-3-1-2-4-10-16)5-6-14(19)17-11-7-15-8-12-17/h15H,1-12H2. The lowest BCUT2D eigenvalue weighted by Crippen LogP contribution is -2.46. The van der Waals surface area contributed by atoms with Crippen LogP contribution in [0, 0.1) is 0 Å². The second-order valence-corrected chi connectivity index (χ2v) is 5.43. The molecule has 1 N–H and O–H groups in total. The van der Waals surface area contributed by atoms with Crippen LogP contribution in [-0.2, 0) is 9.59 Å². The van der Waals surface area contributed by atoms with Gasteiger partial charge in [0.1, 0.15) is 0 Å². The molecule has 2 saturated heterocycles. The number of likely N-dealkylation sites (tertiary alicyclic amines) is 1. The summed E-state index contributed by atoms with van der Waals surface area (Å²) in [7, 11) is 0. The molecule has 0 spiro atoms. The molecule has 2 aliphatic heterocycles. The van der Waals surface area contributed by atoms with Gasteiger partial charge in [0.15, 0.2) is 0 Å². The van der Waals surface area contributed by atoms with E-state index in [-0.39, 0.29) is 11.8 Å². The number of piperazine rings is 1. The molecule has 5 nitrogen and oxygen atoms in total. The zero-order valence-corrected chi connectivity index (χ0v) is 11.7. The minimum absolute atomic E-state index is 0.129. The van der Waals surface area contributed by atoms with Crippen molar-refractivity contribution in [1.82, 2.24) is 15.1 Å². The maximum atomic E-state index is 12.1. The van der Waals surface area contributed by atoms with Crippen molar-refractivity contribution in [3.63, 3.8) is 0 Å². The van der Waals surface area contributed by atoms with Gasteiger partial charge in [-0.25, -0.2) is 0 Å². The molecular formula is C14H25N3O2. The van der Waals surface area contributed by atoms with Crippen molar-refractivity contribution in [3.05, 3.63) is 0 Å². The van der Waals surface area contributed by atoms with Crippen molar-refractivity contribution in [3.8, 4) is 0 Å². The zero-order valence-electron chi connectivity index (χ0n) is 11.7. The van der Waals surface area contributed by atoms with Gasteiger partial charge in [-0.1, -0.05) is 12.8 Å². The summed E-state index contributed by atoms with van der Waals surface area (Å²) in [4.78, 5) is 27.9. The fraction of sp³-hybridized carbons (Fsp3) is 0.857. The van der Waals surface area contributed by atoms with Gasteiger partial charge in [0.05, 0.1) is 0 Å². The van der Waals surface area contributed by atoms with Crippen LogP contribution in [0.4, 0.5) is 0 Å². The van der Waals surface area contributed by atoms with Crippen LogP contribution in [0.1, 0.15) is 38.5 Å². The lowest BCUT2D eigenvalue weighted by Gasteiger charge is -2.28. The van der Waals surface area contributed by atoms with E-state index < -0.39 is 0 Å². The van der Waals surface area contributed by atoms with E-state index in [0.29, 0.717) is 12.8 Å². The average Bonchev–Trinajstić information content (AvgIpc) is 2.74. The van der Waals surface area contributed by atoms with Gasteiger partial charge < -0.3 is 15.1 Å². The molecule has 0 aromatic carbocycles. The maximum Gasteiger partial charge on any atom is 0.223 e. The molecule has 0 bridgehead atoms. The highest BCUT2D eigenvalue weighted by molar-refractivity contribution is 5.83. The van der Waals surface area contributed by atoms with Gasteiger partial charge >= 0.3 is 0 Å². The molecule has 0 radical (unpaired) electrons. The molecule has 19 heavy (non-hydrogen) atoms. The minimum Gasteiger partial charge on any atom is -0.343 e. The summed E-state index contributed by atoms with van der Waals surface area (Å²) >= 11 is 0. The van der Waals surface area contributed by atoms with Gasteiger partial charge in [0, 0.05) is 52.1 Å². The van der Waals surface area contributed by atoms with Crippen LogP contribution in [0.2, 0.25) is 0 Å². The Labute approximate surface area is 115 Å². The minimum atomic E-state index is 0.129. The molecule has 2 fully saturated rings. The number of hydrogen-bond donors (Lipinski definition) is 1. The molecule has 5 heteroatoms. The summed E-state index contributed by atoms with van der Waals surface area (Å²) in [5.41, 5.74) is 0. The van der Waals surface area contributed by atoms with Crippen LogP contribution >= 0.6 is 0 Å². The summed E-state index contributed by atoms with van der Waals surface area (Å²) in [6.45, 7) is 5.03. The first-order valence-corrected chi connectivity index (χ1v) is 7.53. The lowest BCUT2D eigenvalue weighted by molar-refractivity contribution is -0.137. The highest BCUT2D eigenvalue weighted by Gasteiger charge is 2.20. The summed E-state index contributed by atoms with van der Waals surface area (Å²) in [5.74, 6) is 0.287. The number of carbonyl (C=O) groups excluding carboxylic acids is 2. The Morgan fingerprint density at radius 2 is 1.21 bits per heavy atom. The largest absolute Gasteiger partial charge is 0.343 e. The summed E-state index contributed by atoms with van der Waals surface area (Å²) in [6.07, 6.45) is 5.42. The topological polar surface area (TPSA) is 52.7 Å². The second kappa shape index (κ2) is 7.48. The maximum absolute atomic E-state index is 12.1. The molecule has 2 amide bonds. The molecule has 0 saturated carbocycles. The van der Waals surface area contributed by atoms with Crippen molar-refractivity contribution in [2.24, 2.45) is 0 Å². The van der Waals surface area contributed by atoms with Gasteiger partial charge in [-0.3, -0.25) is 9.59 Å². The Hall–Kier alpha value is -1.10. The van der Waals surface area contributed by atoms with E-state index in [1.165, 1.54) is 12.8 Å². The number of amides is 2. The van der Waals surface area contributed by atoms with E-state index in [1.54, 1.807) is 0 Å². The van der Waals surface area contributed by atoms with Crippen LogP contribution in [0.25, 0.3) is 0 Å². The quantitative estimate of drug-likeness (QED) is 0.815. The summed E-state index contributed by atoms with van der Waals surface area (Å²) < 4.78 is 0. The molecule has 0 aromatic heterocycles. The predicted octanol–water partition coefficient (Wildman–Crippen LogP) is 0.601. The first kappa shape index (κ1) is 14.3. The lowest BCUT2D eigenvalue weighted by atomic mass is 10.2. The Kier molecular flexibility index (Phi) is 5.63. The van der Waals surface area contributed by atoms with Crippen LogP contribution in [0.15, 0.2) is 0 Å². The third kappa shape index (κ3) is 4.49. The number of rotatable bonds is 3. The number of nitrogens with one attached hydrogen (secondary N) is 1. The van der Waals surface area contributed by atoms with Crippen LogP contribution < -0.4 is 5.32 Å². The van der Waals surface area contributed by atoms with Gasteiger partial charge in [0.2, 0.25) is 11.8 Å². The van der Waals surface area contributed by atoms with Crippen LogP contribution in [-0.4, -0.2) is 60.9 Å². The first-order valence-electron chi connectivity index (χ1n) is 7.53. The molecule has 0 aromatic rings. The van der Waals surface area contributed by atoms with Gasteiger partial charge in [-0.05, 0) is 12.8 Å². The van der Waals surface area contributed by atoms with E-state index >= 15 is 0 Å². The molecule has 108 valence electrons. The molecule has 2 rings (SSSR count). The monoisotopic (exact) mass is 267 g/mol. The van der Waals surface area contributed by atoms with Crippen molar-refractivity contribution in [2.75, 3.05) is 39.3 Å². The first-order chi connectivity index (χ1) is 9.27. The fourth-order valence-corrected chi connectivity index (χ4v) is 2.76. The Morgan fingerprint density at radius 3 is 1.74 bits per heavy atom. The Morgan fingerprint density at radius 1 is 0.737 bits per heavy atom. The van der Waals surface area contributed by atoms with Crippen molar-refractivity contribution >= 4 is 11.8 Å². The average molecular weight is 267 g/mol. The van der Waals surface area contributed by atoms with Crippen LogP contribution in [0.5, 0.6) is 0 Å². The second-order valence-electron chi connectivity index (χ2n) is 5.43. The third-order valence-corrected chi connectivity index (χ3v) is 3.98. The van der Waals surface area contributed by atoms with Crippen molar-refractivity contribution in [1.29, 1.82) is 0 Å². The van der Waals surface area contributed by atoms with Crippen molar-refractivity contribution < 1.29 is 9.59 Å². The smallest absolute Gasteiger partial charge is 0.223 e. The third-order valence-electron chi connectivity index (χ3n) is 3.98.